The molecule has 2 rings (SSSR count). The Labute approximate surface area is 103 Å². The van der Waals surface area contributed by atoms with Crippen molar-refractivity contribution in [2.24, 2.45) is 0 Å². The van der Waals surface area contributed by atoms with Crippen LogP contribution < -0.4 is 11.1 Å². The van der Waals surface area contributed by atoms with Crippen molar-refractivity contribution < 1.29 is 0 Å². The van der Waals surface area contributed by atoms with Gasteiger partial charge < -0.3 is 11.1 Å². The molecule has 96 valence electrons. The van der Waals surface area contributed by atoms with E-state index in [0.717, 1.165) is 0 Å². The molecule has 0 spiro atoms. The molecular formula is C12H23N5. The van der Waals surface area contributed by atoms with Crippen LogP contribution in [0.3, 0.4) is 0 Å². The maximum absolute atomic E-state index is 5.94. The lowest BCUT2D eigenvalue weighted by Crippen LogP contribution is -2.27. The first-order chi connectivity index (χ1) is 7.96. The van der Waals surface area contributed by atoms with Gasteiger partial charge in [0.15, 0.2) is 0 Å². The van der Waals surface area contributed by atoms with Crippen LogP contribution in [-0.2, 0) is 0 Å². The Hall–Kier alpha value is -1.26. The lowest BCUT2D eigenvalue weighted by atomic mass is 9.96. The third kappa shape index (κ3) is 3.11. The second kappa shape index (κ2) is 4.55. The lowest BCUT2D eigenvalue weighted by Gasteiger charge is -2.22. The topological polar surface area (TPSA) is 68.8 Å². The molecule has 0 atom stereocenters. The maximum Gasteiger partial charge on any atom is 0.244 e. The predicted octanol–water partition coefficient (Wildman–Crippen LogP) is 2.58. The Bertz CT molecular complexity index is 371. The van der Waals surface area contributed by atoms with E-state index in [9.17, 15) is 0 Å². The van der Waals surface area contributed by atoms with E-state index in [2.05, 4.69) is 36.2 Å². The highest BCUT2D eigenvalue weighted by atomic mass is 15.4. The fraction of sp³-hybridized carbons (Fsp3) is 0.833. The van der Waals surface area contributed by atoms with Gasteiger partial charge in [0, 0.05) is 5.54 Å². The van der Waals surface area contributed by atoms with Crippen LogP contribution in [-0.4, -0.2) is 20.3 Å². The fourth-order valence-electron chi connectivity index (χ4n) is 2.32. The molecule has 5 nitrogen and oxygen atoms in total. The number of hydrogen-bond donors (Lipinski definition) is 2. The van der Waals surface area contributed by atoms with Crippen molar-refractivity contribution in [2.75, 3.05) is 11.1 Å². The first kappa shape index (κ1) is 12.2. The Morgan fingerprint density at radius 1 is 1.24 bits per heavy atom. The van der Waals surface area contributed by atoms with Gasteiger partial charge in [-0.05, 0) is 33.6 Å². The zero-order valence-electron chi connectivity index (χ0n) is 11.0. The summed E-state index contributed by atoms with van der Waals surface area (Å²) in [5, 5.41) is 7.75. The highest BCUT2D eigenvalue weighted by molar-refractivity contribution is 5.34. The first-order valence-corrected chi connectivity index (χ1v) is 6.46. The third-order valence-electron chi connectivity index (χ3n) is 3.07. The molecule has 1 aromatic rings. The van der Waals surface area contributed by atoms with E-state index in [1.807, 2.05) is 4.68 Å². The summed E-state index contributed by atoms with van der Waals surface area (Å²) in [6.07, 6.45) is 6.21. The Kier molecular flexibility index (Phi) is 3.26. The zero-order chi connectivity index (χ0) is 12.5. The van der Waals surface area contributed by atoms with Gasteiger partial charge in [0.05, 0.1) is 6.04 Å². The minimum Gasteiger partial charge on any atom is -0.368 e. The maximum atomic E-state index is 5.94. The summed E-state index contributed by atoms with van der Waals surface area (Å²) in [6.45, 7) is 6.26. The quantitative estimate of drug-likeness (QED) is 0.829. The van der Waals surface area contributed by atoms with Crippen molar-refractivity contribution >= 4 is 11.9 Å². The fourth-order valence-corrected chi connectivity index (χ4v) is 2.32. The van der Waals surface area contributed by atoms with Crippen LogP contribution in [0, 0.1) is 0 Å². The molecule has 0 radical (unpaired) electrons. The van der Waals surface area contributed by atoms with E-state index in [4.69, 9.17) is 5.73 Å². The van der Waals surface area contributed by atoms with Gasteiger partial charge in [0.25, 0.3) is 0 Å². The lowest BCUT2D eigenvalue weighted by molar-refractivity contribution is 0.333. The zero-order valence-corrected chi connectivity index (χ0v) is 11.0. The average molecular weight is 237 g/mol. The van der Waals surface area contributed by atoms with Crippen molar-refractivity contribution in [1.82, 2.24) is 14.8 Å². The van der Waals surface area contributed by atoms with Crippen LogP contribution in [0.15, 0.2) is 0 Å². The van der Waals surface area contributed by atoms with Crippen LogP contribution in [0.25, 0.3) is 0 Å². The van der Waals surface area contributed by atoms with Gasteiger partial charge in [-0.3, -0.25) is 0 Å². The van der Waals surface area contributed by atoms with Crippen molar-refractivity contribution in [2.45, 2.75) is 64.5 Å². The molecule has 0 bridgehead atoms. The van der Waals surface area contributed by atoms with Gasteiger partial charge >= 0.3 is 0 Å². The molecule has 0 aromatic carbocycles. The SMILES string of the molecule is CC(C)(C)Nc1nc(N)n(C2CCCCC2)n1. The second-order valence-electron chi connectivity index (χ2n) is 5.91. The van der Waals surface area contributed by atoms with Gasteiger partial charge in [-0.1, -0.05) is 19.3 Å². The van der Waals surface area contributed by atoms with Crippen molar-refractivity contribution in [3.05, 3.63) is 0 Å². The molecule has 0 amide bonds. The smallest absolute Gasteiger partial charge is 0.244 e. The molecular weight excluding hydrogens is 214 g/mol. The molecule has 1 aliphatic carbocycles. The van der Waals surface area contributed by atoms with E-state index in [1.54, 1.807) is 0 Å². The third-order valence-corrected chi connectivity index (χ3v) is 3.07. The number of nitrogen functional groups attached to an aromatic ring is 1. The molecule has 1 fully saturated rings. The Morgan fingerprint density at radius 3 is 2.47 bits per heavy atom. The summed E-state index contributed by atoms with van der Waals surface area (Å²) in [7, 11) is 0. The molecule has 5 heteroatoms. The number of rotatable bonds is 2. The van der Waals surface area contributed by atoms with Gasteiger partial charge in [0.2, 0.25) is 11.9 Å². The van der Waals surface area contributed by atoms with E-state index >= 15 is 0 Å². The molecule has 1 heterocycles. The van der Waals surface area contributed by atoms with Crippen LogP contribution >= 0.6 is 0 Å². The minimum atomic E-state index is -0.0365. The van der Waals surface area contributed by atoms with Crippen molar-refractivity contribution in [3.63, 3.8) is 0 Å². The number of nitrogens with one attached hydrogen (secondary N) is 1. The normalized spacial score (nSPS) is 18.3. The summed E-state index contributed by atoms with van der Waals surface area (Å²) in [5.74, 6) is 1.17. The van der Waals surface area contributed by atoms with Crippen molar-refractivity contribution in [3.8, 4) is 0 Å². The van der Waals surface area contributed by atoms with Crippen molar-refractivity contribution in [1.29, 1.82) is 0 Å². The predicted molar refractivity (Wildman–Crippen MR) is 69.9 cm³/mol. The number of aromatic nitrogens is 3. The van der Waals surface area contributed by atoms with Gasteiger partial charge in [-0.25, -0.2) is 4.68 Å². The monoisotopic (exact) mass is 237 g/mol. The van der Waals surface area contributed by atoms with E-state index in [1.165, 1.54) is 32.1 Å². The molecule has 17 heavy (non-hydrogen) atoms. The number of hydrogen-bond acceptors (Lipinski definition) is 4. The Balaban J connectivity index is 2.12. The number of anilines is 2. The Morgan fingerprint density at radius 2 is 1.88 bits per heavy atom. The van der Waals surface area contributed by atoms with Gasteiger partial charge in [0.1, 0.15) is 0 Å². The van der Waals surface area contributed by atoms with E-state index in [0.29, 0.717) is 17.9 Å². The second-order valence-corrected chi connectivity index (χ2v) is 5.91. The summed E-state index contributed by atoms with van der Waals surface area (Å²) >= 11 is 0. The van der Waals surface area contributed by atoms with E-state index < -0.39 is 0 Å². The van der Waals surface area contributed by atoms with Crippen LogP contribution in [0.1, 0.15) is 58.9 Å². The highest BCUT2D eigenvalue weighted by Crippen LogP contribution is 2.29. The van der Waals surface area contributed by atoms with Gasteiger partial charge in [-0.2, -0.15) is 4.98 Å². The first-order valence-electron chi connectivity index (χ1n) is 6.46. The van der Waals surface area contributed by atoms with Gasteiger partial charge in [-0.15, -0.1) is 5.10 Å². The molecule has 0 unspecified atom stereocenters. The molecule has 1 aromatic heterocycles. The van der Waals surface area contributed by atoms with Crippen LogP contribution in [0.2, 0.25) is 0 Å². The van der Waals surface area contributed by atoms with E-state index in [-0.39, 0.29) is 5.54 Å². The summed E-state index contributed by atoms with van der Waals surface area (Å²) in [5.41, 5.74) is 5.90. The summed E-state index contributed by atoms with van der Waals surface area (Å²) in [6, 6.07) is 0.437. The van der Waals surface area contributed by atoms with Crippen LogP contribution in [0.5, 0.6) is 0 Å². The average Bonchev–Trinajstić information content (AvgIpc) is 2.58. The van der Waals surface area contributed by atoms with Crippen LogP contribution in [0.4, 0.5) is 11.9 Å². The molecule has 1 aliphatic rings. The molecule has 1 saturated carbocycles. The molecule has 0 aliphatic heterocycles. The minimum absolute atomic E-state index is 0.0365. The number of nitrogens with two attached hydrogens (primary N) is 1. The standard InChI is InChI=1S/C12H23N5/c1-12(2,3)15-11-14-10(13)17(16-11)9-7-5-4-6-8-9/h9H,4-8H2,1-3H3,(H3,13,14,15,16). The number of nitrogens with zero attached hydrogens (tertiary/aromatic N) is 3. The summed E-state index contributed by atoms with van der Waals surface area (Å²) < 4.78 is 1.90. The summed E-state index contributed by atoms with van der Waals surface area (Å²) in [4.78, 5) is 4.29. The molecule has 0 saturated heterocycles. The largest absolute Gasteiger partial charge is 0.368 e. The molecule has 3 N–H and O–H groups in total. The highest BCUT2D eigenvalue weighted by Gasteiger charge is 2.21.